The van der Waals surface area contributed by atoms with Crippen LogP contribution in [0.3, 0.4) is 0 Å². The standard InChI is InChI=1S/C31H29ClFN3O3/c32-26-6-2-3-7-28(26)35-15-17-36(18-16-35)31(39)23-11-14-27-24(20-23)19-22(5-1-4-8-29(37)38)30(34-27)21-9-12-25(33)13-10-21/h2-3,6-7,9-14,19-20H,1,4-5,8,15-18H2,(H,37,38). The number of aryl methyl sites for hydroxylation is 1. The lowest BCUT2D eigenvalue weighted by Crippen LogP contribution is -2.48. The number of carboxylic acid groups (broad SMARTS) is 1. The molecule has 1 aliphatic rings. The summed E-state index contributed by atoms with van der Waals surface area (Å²) >= 11 is 6.36. The van der Waals surface area contributed by atoms with E-state index in [1.54, 1.807) is 18.2 Å². The van der Waals surface area contributed by atoms with Gasteiger partial charge in [0.25, 0.3) is 5.91 Å². The van der Waals surface area contributed by atoms with E-state index in [1.807, 2.05) is 47.4 Å². The molecule has 200 valence electrons. The highest BCUT2D eigenvalue weighted by molar-refractivity contribution is 6.33. The van der Waals surface area contributed by atoms with Gasteiger partial charge in [-0.25, -0.2) is 9.37 Å². The summed E-state index contributed by atoms with van der Waals surface area (Å²) in [4.78, 5) is 33.3. The van der Waals surface area contributed by atoms with E-state index in [2.05, 4.69) is 4.90 Å². The van der Waals surface area contributed by atoms with E-state index < -0.39 is 5.97 Å². The van der Waals surface area contributed by atoms with E-state index in [0.29, 0.717) is 56.0 Å². The van der Waals surface area contributed by atoms with Gasteiger partial charge in [0.05, 0.1) is 21.9 Å². The number of aliphatic carboxylic acids is 1. The van der Waals surface area contributed by atoms with E-state index >= 15 is 0 Å². The van der Waals surface area contributed by atoms with Gasteiger partial charge in [0.15, 0.2) is 0 Å². The number of unbranched alkanes of at least 4 members (excludes halogenated alkanes) is 1. The van der Waals surface area contributed by atoms with Crippen LogP contribution in [0.25, 0.3) is 22.2 Å². The number of pyridine rings is 1. The van der Waals surface area contributed by atoms with Crippen LogP contribution in [0.2, 0.25) is 5.02 Å². The smallest absolute Gasteiger partial charge is 0.303 e. The number of hydrogen-bond acceptors (Lipinski definition) is 4. The van der Waals surface area contributed by atoms with Gasteiger partial charge in [-0.1, -0.05) is 23.7 Å². The number of benzene rings is 3. The first-order valence-corrected chi connectivity index (χ1v) is 13.5. The van der Waals surface area contributed by atoms with Crippen LogP contribution in [0.15, 0.2) is 72.8 Å². The van der Waals surface area contributed by atoms with Crippen molar-refractivity contribution in [2.24, 2.45) is 0 Å². The molecule has 0 spiro atoms. The first-order chi connectivity index (χ1) is 18.9. The minimum Gasteiger partial charge on any atom is -0.481 e. The fourth-order valence-corrected chi connectivity index (χ4v) is 5.29. The highest BCUT2D eigenvalue weighted by atomic mass is 35.5. The Morgan fingerprint density at radius 1 is 0.923 bits per heavy atom. The second-order valence-electron chi connectivity index (χ2n) is 9.74. The number of nitrogens with zero attached hydrogens (tertiary/aromatic N) is 3. The van der Waals surface area contributed by atoms with Crippen LogP contribution in [0.1, 0.15) is 35.2 Å². The molecule has 0 saturated carbocycles. The highest BCUT2D eigenvalue weighted by Crippen LogP contribution is 2.29. The maximum Gasteiger partial charge on any atom is 0.303 e. The highest BCUT2D eigenvalue weighted by Gasteiger charge is 2.23. The molecule has 1 aliphatic heterocycles. The summed E-state index contributed by atoms with van der Waals surface area (Å²) in [7, 11) is 0. The second kappa shape index (κ2) is 11.8. The van der Waals surface area contributed by atoms with E-state index in [4.69, 9.17) is 21.7 Å². The lowest BCUT2D eigenvalue weighted by Gasteiger charge is -2.36. The molecular weight excluding hydrogens is 517 g/mol. The third kappa shape index (κ3) is 6.20. The molecular formula is C31H29ClFN3O3. The number of fused-ring (bicyclic) bond motifs is 1. The predicted octanol–water partition coefficient (Wildman–Crippen LogP) is 6.45. The van der Waals surface area contributed by atoms with Crippen molar-refractivity contribution in [1.29, 1.82) is 0 Å². The summed E-state index contributed by atoms with van der Waals surface area (Å²) in [6, 6.07) is 21.5. The van der Waals surface area contributed by atoms with Crippen LogP contribution in [-0.4, -0.2) is 53.0 Å². The number of piperazine rings is 1. The topological polar surface area (TPSA) is 73.7 Å². The Kier molecular flexibility index (Phi) is 8.07. The van der Waals surface area contributed by atoms with Crippen LogP contribution in [0, 0.1) is 5.82 Å². The van der Waals surface area contributed by atoms with E-state index in [1.165, 1.54) is 12.1 Å². The molecule has 2 heterocycles. The van der Waals surface area contributed by atoms with Crippen molar-refractivity contribution in [3.8, 4) is 11.3 Å². The molecule has 1 amide bonds. The lowest BCUT2D eigenvalue weighted by molar-refractivity contribution is -0.137. The molecule has 8 heteroatoms. The van der Waals surface area contributed by atoms with Crippen molar-refractivity contribution in [3.05, 3.63) is 94.8 Å². The largest absolute Gasteiger partial charge is 0.481 e. The fraction of sp³-hybridized carbons (Fsp3) is 0.258. The average Bonchev–Trinajstić information content (AvgIpc) is 2.95. The van der Waals surface area contributed by atoms with E-state index in [-0.39, 0.29) is 18.1 Å². The van der Waals surface area contributed by atoms with Crippen molar-refractivity contribution >= 4 is 40.1 Å². The Morgan fingerprint density at radius 3 is 2.38 bits per heavy atom. The minimum atomic E-state index is -0.818. The zero-order valence-electron chi connectivity index (χ0n) is 21.4. The van der Waals surface area contributed by atoms with Gasteiger partial charge in [0.2, 0.25) is 0 Å². The summed E-state index contributed by atoms with van der Waals surface area (Å²) in [6.07, 6.45) is 1.97. The van der Waals surface area contributed by atoms with Gasteiger partial charge in [0, 0.05) is 49.1 Å². The summed E-state index contributed by atoms with van der Waals surface area (Å²) in [5, 5.41) is 10.5. The van der Waals surface area contributed by atoms with Crippen LogP contribution in [-0.2, 0) is 11.2 Å². The van der Waals surface area contributed by atoms with Crippen LogP contribution >= 0.6 is 11.6 Å². The molecule has 1 aromatic heterocycles. The normalized spacial score (nSPS) is 13.6. The SMILES string of the molecule is O=C(O)CCCCc1cc2cc(C(=O)N3CCN(c4ccccc4Cl)CC3)ccc2nc1-c1ccc(F)cc1. The van der Waals surface area contributed by atoms with Crippen molar-refractivity contribution in [3.63, 3.8) is 0 Å². The zero-order valence-corrected chi connectivity index (χ0v) is 22.2. The van der Waals surface area contributed by atoms with Gasteiger partial charge in [-0.15, -0.1) is 0 Å². The molecule has 6 nitrogen and oxygen atoms in total. The van der Waals surface area contributed by atoms with Crippen molar-refractivity contribution in [2.45, 2.75) is 25.7 Å². The number of hydrogen-bond donors (Lipinski definition) is 1. The Morgan fingerprint density at radius 2 is 1.67 bits per heavy atom. The Hall–Kier alpha value is -3.97. The van der Waals surface area contributed by atoms with Gasteiger partial charge in [0.1, 0.15) is 5.82 Å². The number of anilines is 1. The molecule has 1 fully saturated rings. The summed E-state index contributed by atoms with van der Waals surface area (Å²) in [6.45, 7) is 2.59. The number of aromatic nitrogens is 1. The molecule has 1 N–H and O–H groups in total. The van der Waals surface area contributed by atoms with E-state index in [0.717, 1.165) is 33.4 Å². The number of rotatable bonds is 8. The third-order valence-corrected chi connectivity index (χ3v) is 7.42. The van der Waals surface area contributed by atoms with Crippen LogP contribution in [0.5, 0.6) is 0 Å². The molecule has 0 atom stereocenters. The molecule has 3 aromatic carbocycles. The fourth-order valence-electron chi connectivity index (χ4n) is 5.03. The zero-order chi connectivity index (χ0) is 27.4. The summed E-state index contributed by atoms with van der Waals surface area (Å²) in [5.74, 6) is -1.17. The lowest BCUT2D eigenvalue weighted by atomic mass is 9.98. The van der Waals surface area contributed by atoms with Crippen molar-refractivity contribution < 1.29 is 19.1 Å². The first kappa shape index (κ1) is 26.6. The second-order valence-corrected chi connectivity index (χ2v) is 10.1. The molecule has 39 heavy (non-hydrogen) atoms. The van der Waals surface area contributed by atoms with Gasteiger partial charge in [-0.2, -0.15) is 0 Å². The summed E-state index contributed by atoms with van der Waals surface area (Å²) < 4.78 is 13.6. The third-order valence-electron chi connectivity index (χ3n) is 7.11. The monoisotopic (exact) mass is 545 g/mol. The van der Waals surface area contributed by atoms with Crippen molar-refractivity contribution in [1.82, 2.24) is 9.88 Å². The quantitative estimate of drug-likeness (QED) is 0.257. The Bertz CT molecular complexity index is 1500. The molecule has 1 saturated heterocycles. The Labute approximate surface area is 231 Å². The number of carboxylic acids is 1. The Balaban J connectivity index is 1.37. The number of carbonyl (C=O) groups excluding carboxylic acids is 1. The molecule has 0 bridgehead atoms. The number of carbonyl (C=O) groups is 2. The van der Waals surface area contributed by atoms with Crippen LogP contribution in [0.4, 0.5) is 10.1 Å². The van der Waals surface area contributed by atoms with E-state index in [9.17, 15) is 14.0 Å². The molecule has 0 aliphatic carbocycles. The van der Waals surface area contributed by atoms with Gasteiger partial charge < -0.3 is 14.9 Å². The van der Waals surface area contributed by atoms with Gasteiger partial charge in [-0.3, -0.25) is 9.59 Å². The first-order valence-electron chi connectivity index (χ1n) is 13.1. The van der Waals surface area contributed by atoms with Gasteiger partial charge in [-0.05, 0) is 85.5 Å². The maximum atomic E-state index is 13.6. The average molecular weight is 546 g/mol. The number of halogens is 2. The molecule has 0 radical (unpaired) electrons. The summed E-state index contributed by atoms with van der Waals surface area (Å²) in [5.41, 5.74) is 4.80. The maximum absolute atomic E-state index is 13.6. The van der Waals surface area contributed by atoms with Crippen LogP contribution < -0.4 is 4.90 Å². The molecule has 5 rings (SSSR count). The molecule has 0 unspecified atom stereocenters. The predicted molar refractivity (Wildman–Crippen MR) is 152 cm³/mol. The number of amides is 1. The minimum absolute atomic E-state index is 0.0265. The van der Waals surface area contributed by atoms with Gasteiger partial charge >= 0.3 is 5.97 Å². The van der Waals surface area contributed by atoms with Crippen molar-refractivity contribution in [2.75, 3.05) is 31.1 Å². The molecule has 4 aromatic rings. The number of para-hydroxylation sites is 1.